The predicted molar refractivity (Wildman–Crippen MR) is 137 cm³/mol. The zero-order valence-corrected chi connectivity index (χ0v) is 20.8. The molecule has 0 aliphatic carbocycles. The highest BCUT2D eigenvalue weighted by Crippen LogP contribution is 2.24. The number of aryl methyl sites for hydroxylation is 1. The summed E-state index contributed by atoms with van der Waals surface area (Å²) in [5.74, 6) is 1.42. The Labute approximate surface area is 205 Å². The monoisotopic (exact) mass is 502 g/mol. The van der Waals surface area contributed by atoms with Gasteiger partial charge in [-0.3, -0.25) is 9.10 Å². The molecule has 0 fully saturated rings. The van der Waals surface area contributed by atoms with Crippen LogP contribution in [0.2, 0.25) is 5.02 Å². The van der Waals surface area contributed by atoms with Crippen LogP contribution in [0.15, 0.2) is 83.8 Å². The van der Waals surface area contributed by atoms with E-state index in [0.717, 1.165) is 28.5 Å². The summed E-state index contributed by atoms with van der Waals surface area (Å²) in [5.41, 5.74) is 2.58. The number of hydrogen-bond donors (Lipinski definition) is 1. The molecule has 0 aromatic heterocycles. The molecular formula is C25H27ClN2O3S2. The third-order valence-corrected chi connectivity index (χ3v) is 8.03. The Bertz CT molecular complexity index is 1150. The van der Waals surface area contributed by atoms with Crippen LogP contribution in [0.5, 0.6) is 0 Å². The number of anilines is 1. The topological polar surface area (TPSA) is 66.5 Å². The van der Waals surface area contributed by atoms with Gasteiger partial charge in [-0.15, -0.1) is 0 Å². The van der Waals surface area contributed by atoms with Crippen LogP contribution in [0.1, 0.15) is 17.5 Å². The largest absolute Gasteiger partial charge is 0.354 e. The number of thioether (sulfide) groups is 1. The average molecular weight is 503 g/mol. The normalized spacial score (nSPS) is 11.2. The number of amides is 1. The molecule has 0 saturated carbocycles. The third-order valence-electron chi connectivity index (χ3n) is 4.88. The molecule has 0 saturated heterocycles. The third kappa shape index (κ3) is 7.52. The number of nitrogens with zero attached hydrogens (tertiary/aromatic N) is 1. The van der Waals surface area contributed by atoms with Crippen LogP contribution in [0.3, 0.4) is 0 Å². The molecule has 0 spiro atoms. The Kier molecular flexibility index (Phi) is 9.23. The molecule has 0 aliphatic heterocycles. The number of carbonyl (C=O) groups excluding carboxylic acids is 1. The van der Waals surface area contributed by atoms with Crippen molar-refractivity contribution in [1.82, 2.24) is 5.32 Å². The number of halogens is 1. The van der Waals surface area contributed by atoms with Gasteiger partial charge in [-0.05, 0) is 66.6 Å². The molecule has 0 atom stereocenters. The number of nitrogens with one attached hydrogen (secondary N) is 1. The van der Waals surface area contributed by atoms with Crippen LogP contribution >= 0.6 is 23.4 Å². The van der Waals surface area contributed by atoms with Crippen LogP contribution in [-0.2, 0) is 20.6 Å². The summed E-state index contributed by atoms with van der Waals surface area (Å²) < 4.78 is 27.7. The van der Waals surface area contributed by atoms with Crippen molar-refractivity contribution in [2.24, 2.45) is 0 Å². The average Bonchev–Trinajstić information content (AvgIpc) is 2.81. The van der Waals surface area contributed by atoms with Gasteiger partial charge in [0.2, 0.25) is 5.91 Å². The Hall–Kier alpha value is -2.48. The Morgan fingerprint density at radius 1 is 1.00 bits per heavy atom. The second-order valence-corrected chi connectivity index (χ2v) is 11.0. The van der Waals surface area contributed by atoms with E-state index >= 15 is 0 Å². The van der Waals surface area contributed by atoms with Crippen LogP contribution in [0.25, 0.3) is 0 Å². The van der Waals surface area contributed by atoms with E-state index < -0.39 is 10.0 Å². The fourth-order valence-electron chi connectivity index (χ4n) is 3.18. The van der Waals surface area contributed by atoms with Crippen molar-refractivity contribution in [3.8, 4) is 0 Å². The highest BCUT2D eigenvalue weighted by molar-refractivity contribution is 7.98. The number of rotatable bonds is 11. The van der Waals surface area contributed by atoms with Gasteiger partial charge in [-0.2, -0.15) is 11.8 Å². The minimum absolute atomic E-state index is 0.151. The molecule has 0 aliphatic rings. The maximum atomic E-state index is 13.3. The quantitative estimate of drug-likeness (QED) is 0.362. The van der Waals surface area contributed by atoms with E-state index in [0.29, 0.717) is 12.2 Å². The number of carbonyl (C=O) groups is 1. The van der Waals surface area contributed by atoms with E-state index in [4.69, 9.17) is 11.6 Å². The molecule has 3 rings (SSSR count). The molecule has 0 bridgehead atoms. The molecule has 8 heteroatoms. The van der Waals surface area contributed by atoms with E-state index in [9.17, 15) is 13.2 Å². The van der Waals surface area contributed by atoms with E-state index in [2.05, 4.69) is 5.32 Å². The van der Waals surface area contributed by atoms with E-state index in [-0.39, 0.29) is 17.3 Å². The SMILES string of the molecule is Cc1cccc(N(CC(=O)NCCCSCc2ccc(Cl)cc2)S(=O)(=O)c2ccccc2)c1. The number of sulfonamides is 1. The van der Waals surface area contributed by atoms with Gasteiger partial charge in [0.1, 0.15) is 6.54 Å². The molecule has 0 unspecified atom stereocenters. The van der Waals surface area contributed by atoms with Crippen molar-refractivity contribution in [3.05, 3.63) is 95.0 Å². The minimum Gasteiger partial charge on any atom is -0.354 e. The van der Waals surface area contributed by atoms with Gasteiger partial charge >= 0.3 is 0 Å². The lowest BCUT2D eigenvalue weighted by atomic mass is 10.2. The van der Waals surface area contributed by atoms with Gasteiger partial charge in [0.15, 0.2) is 0 Å². The first-order chi connectivity index (χ1) is 15.9. The number of hydrogen-bond acceptors (Lipinski definition) is 4. The van der Waals surface area contributed by atoms with Gasteiger partial charge in [-0.25, -0.2) is 8.42 Å². The summed E-state index contributed by atoms with van der Waals surface area (Å²) in [5, 5.41) is 3.57. The smallest absolute Gasteiger partial charge is 0.264 e. The summed E-state index contributed by atoms with van der Waals surface area (Å²) in [7, 11) is -3.88. The fourth-order valence-corrected chi connectivity index (χ4v) is 5.66. The van der Waals surface area contributed by atoms with Crippen LogP contribution in [0, 0.1) is 6.92 Å². The molecular weight excluding hydrogens is 476 g/mol. The lowest BCUT2D eigenvalue weighted by Crippen LogP contribution is -2.41. The van der Waals surface area contributed by atoms with Crippen molar-refractivity contribution in [2.75, 3.05) is 23.1 Å². The first-order valence-corrected chi connectivity index (χ1v) is 13.6. The van der Waals surface area contributed by atoms with E-state index in [1.54, 1.807) is 48.2 Å². The molecule has 0 heterocycles. The zero-order chi connectivity index (χ0) is 23.7. The lowest BCUT2D eigenvalue weighted by molar-refractivity contribution is -0.119. The van der Waals surface area contributed by atoms with E-state index in [1.165, 1.54) is 22.0 Å². The van der Waals surface area contributed by atoms with Crippen molar-refractivity contribution in [1.29, 1.82) is 0 Å². The second-order valence-electron chi connectivity index (χ2n) is 7.55. The highest BCUT2D eigenvalue weighted by Gasteiger charge is 2.27. The van der Waals surface area contributed by atoms with Crippen molar-refractivity contribution in [3.63, 3.8) is 0 Å². The van der Waals surface area contributed by atoms with Gasteiger partial charge in [0, 0.05) is 17.3 Å². The standard InChI is InChI=1S/C25H27ClN2O3S2/c1-20-7-5-8-23(17-20)28(33(30,31)24-9-3-2-4-10-24)18-25(29)27-15-6-16-32-19-21-11-13-22(26)14-12-21/h2-5,7-14,17H,6,15-16,18-19H2,1H3,(H,27,29). The summed E-state index contributed by atoms with van der Waals surface area (Å²) in [6.07, 6.45) is 0.792. The molecule has 3 aromatic carbocycles. The fraction of sp³-hybridized carbons (Fsp3) is 0.240. The molecule has 3 aromatic rings. The summed E-state index contributed by atoms with van der Waals surface area (Å²) in [6.45, 7) is 2.09. The van der Waals surface area contributed by atoms with Crippen LogP contribution in [0.4, 0.5) is 5.69 Å². The van der Waals surface area contributed by atoms with Crippen LogP contribution in [-0.4, -0.2) is 33.2 Å². The highest BCUT2D eigenvalue weighted by atomic mass is 35.5. The minimum atomic E-state index is -3.88. The molecule has 33 heavy (non-hydrogen) atoms. The first kappa shape index (κ1) is 25.1. The summed E-state index contributed by atoms with van der Waals surface area (Å²) in [6, 6.07) is 23.1. The van der Waals surface area contributed by atoms with Gasteiger partial charge in [0.25, 0.3) is 10.0 Å². The van der Waals surface area contributed by atoms with Crippen molar-refractivity contribution >= 4 is 45.0 Å². The summed E-state index contributed by atoms with van der Waals surface area (Å²) >= 11 is 7.68. The van der Waals surface area contributed by atoms with Crippen LogP contribution < -0.4 is 9.62 Å². The van der Waals surface area contributed by atoms with Gasteiger partial charge in [0.05, 0.1) is 10.6 Å². The Morgan fingerprint density at radius 3 is 2.42 bits per heavy atom. The molecule has 1 amide bonds. The molecule has 1 N–H and O–H groups in total. The molecule has 0 radical (unpaired) electrons. The Balaban J connectivity index is 1.56. The molecule has 5 nitrogen and oxygen atoms in total. The zero-order valence-electron chi connectivity index (χ0n) is 18.4. The summed E-state index contributed by atoms with van der Waals surface area (Å²) in [4.78, 5) is 12.8. The van der Waals surface area contributed by atoms with Gasteiger partial charge in [-0.1, -0.05) is 54.1 Å². The predicted octanol–water partition coefficient (Wildman–Crippen LogP) is 5.28. The van der Waals surface area contributed by atoms with Crippen molar-refractivity contribution in [2.45, 2.75) is 24.0 Å². The Morgan fingerprint density at radius 2 is 1.73 bits per heavy atom. The van der Waals surface area contributed by atoms with Gasteiger partial charge < -0.3 is 5.32 Å². The first-order valence-electron chi connectivity index (χ1n) is 10.6. The second kappa shape index (κ2) is 12.1. The number of benzene rings is 3. The molecule has 174 valence electrons. The maximum absolute atomic E-state index is 13.3. The van der Waals surface area contributed by atoms with E-state index in [1.807, 2.05) is 37.3 Å². The lowest BCUT2D eigenvalue weighted by Gasteiger charge is -2.24. The maximum Gasteiger partial charge on any atom is 0.264 e. The van der Waals surface area contributed by atoms with Crippen molar-refractivity contribution < 1.29 is 13.2 Å².